The van der Waals surface area contributed by atoms with Gasteiger partial charge in [0.05, 0.1) is 6.04 Å². The summed E-state index contributed by atoms with van der Waals surface area (Å²) in [6.45, 7) is 7.76. The molecular weight excluding hydrogens is 257 g/mol. The fourth-order valence-electron chi connectivity index (χ4n) is 2.99. The van der Waals surface area contributed by atoms with Crippen molar-refractivity contribution in [3.8, 4) is 0 Å². The first-order chi connectivity index (χ1) is 9.36. The molecule has 0 aliphatic carbocycles. The number of carbonyl (C=O) groups is 1. The van der Waals surface area contributed by atoms with Crippen LogP contribution >= 0.6 is 0 Å². The van der Waals surface area contributed by atoms with Gasteiger partial charge in [0.25, 0.3) is 0 Å². The Kier molecular flexibility index (Phi) is 3.84. The van der Waals surface area contributed by atoms with E-state index in [1.165, 1.54) is 17.0 Å². The van der Waals surface area contributed by atoms with Crippen LogP contribution in [0.4, 0.5) is 9.18 Å². The molecule has 0 radical (unpaired) electrons. The number of amides is 1. The van der Waals surface area contributed by atoms with Gasteiger partial charge in [0.1, 0.15) is 5.82 Å². The Morgan fingerprint density at radius 2 is 2.20 bits per heavy atom. The maximum absolute atomic E-state index is 13.4. The molecule has 3 nitrogen and oxygen atoms in total. The van der Waals surface area contributed by atoms with E-state index in [1.54, 1.807) is 18.2 Å². The number of halogens is 1. The van der Waals surface area contributed by atoms with E-state index in [1.807, 2.05) is 13.8 Å². The lowest BCUT2D eigenvalue weighted by Crippen LogP contribution is -2.43. The molecule has 1 aliphatic heterocycles. The van der Waals surface area contributed by atoms with Crippen LogP contribution in [0.25, 0.3) is 0 Å². The maximum atomic E-state index is 13.4. The number of carboxylic acid groups (broad SMARTS) is 1. The molecule has 2 rings (SSSR count). The standard InChI is InChI=1S/C16H20FNO2/c1-4-16(2,3)14-9-8-13(18(14)15(19)20)11-6-5-7-12(17)10-11/h4-7,10,13-14H,1,8-9H2,2-3H3,(H,19,20)/t13-,14+/m0/s1. The molecule has 20 heavy (non-hydrogen) atoms. The van der Waals surface area contributed by atoms with Gasteiger partial charge in [0.2, 0.25) is 0 Å². The van der Waals surface area contributed by atoms with Crippen molar-refractivity contribution in [2.75, 3.05) is 0 Å². The van der Waals surface area contributed by atoms with Gasteiger partial charge < -0.3 is 5.11 Å². The van der Waals surface area contributed by atoms with Crippen LogP contribution < -0.4 is 0 Å². The minimum absolute atomic E-state index is 0.134. The van der Waals surface area contributed by atoms with Crippen LogP contribution in [0.1, 0.15) is 38.3 Å². The molecule has 4 heteroatoms. The highest BCUT2D eigenvalue weighted by atomic mass is 19.1. The summed E-state index contributed by atoms with van der Waals surface area (Å²) in [7, 11) is 0. The lowest BCUT2D eigenvalue weighted by atomic mass is 9.83. The quantitative estimate of drug-likeness (QED) is 0.840. The largest absolute Gasteiger partial charge is 0.465 e. The van der Waals surface area contributed by atoms with Gasteiger partial charge in [-0.3, -0.25) is 4.90 Å². The van der Waals surface area contributed by atoms with Crippen LogP contribution in [0.2, 0.25) is 0 Å². The van der Waals surface area contributed by atoms with Crippen molar-refractivity contribution in [2.45, 2.75) is 38.8 Å². The van der Waals surface area contributed by atoms with Crippen LogP contribution in [0.3, 0.4) is 0 Å². The van der Waals surface area contributed by atoms with E-state index in [2.05, 4.69) is 6.58 Å². The number of rotatable bonds is 3. The number of likely N-dealkylation sites (tertiary alicyclic amines) is 1. The summed E-state index contributed by atoms with van der Waals surface area (Å²) in [5, 5.41) is 9.54. The molecule has 1 aromatic rings. The fourth-order valence-corrected chi connectivity index (χ4v) is 2.99. The first-order valence-electron chi connectivity index (χ1n) is 6.77. The highest BCUT2D eigenvalue weighted by Gasteiger charge is 2.44. The van der Waals surface area contributed by atoms with Gasteiger partial charge in [-0.2, -0.15) is 0 Å². The van der Waals surface area contributed by atoms with Crippen LogP contribution in [0.15, 0.2) is 36.9 Å². The van der Waals surface area contributed by atoms with E-state index in [9.17, 15) is 14.3 Å². The number of hydrogen-bond acceptors (Lipinski definition) is 1. The molecule has 1 aromatic carbocycles. The van der Waals surface area contributed by atoms with Crippen LogP contribution in [-0.4, -0.2) is 22.1 Å². The van der Waals surface area contributed by atoms with E-state index in [0.717, 1.165) is 12.0 Å². The van der Waals surface area contributed by atoms with Gasteiger partial charge in [-0.25, -0.2) is 9.18 Å². The summed E-state index contributed by atoms with van der Waals surface area (Å²) in [5.74, 6) is -0.334. The van der Waals surface area contributed by atoms with Gasteiger partial charge in [0.15, 0.2) is 0 Å². The summed E-state index contributed by atoms with van der Waals surface area (Å²) >= 11 is 0. The third-order valence-electron chi connectivity index (χ3n) is 4.22. The second-order valence-corrected chi connectivity index (χ2v) is 5.88. The molecule has 0 spiro atoms. The van der Waals surface area contributed by atoms with E-state index >= 15 is 0 Å². The minimum Gasteiger partial charge on any atom is -0.465 e. The molecule has 1 heterocycles. The third kappa shape index (κ3) is 2.55. The van der Waals surface area contributed by atoms with Crippen molar-refractivity contribution in [1.29, 1.82) is 0 Å². The SMILES string of the molecule is C=CC(C)(C)[C@H]1CC[C@@H](c2cccc(F)c2)N1C(=O)O. The Balaban J connectivity index is 2.36. The summed E-state index contributed by atoms with van der Waals surface area (Å²) in [6.07, 6.45) is 2.29. The summed E-state index contributed by atoms with van der Waals surface area (Å²) in [4.78, 5) is 13.1. The monoisotopic (exact) mass is 277 g/mol. The summed E-state index contributed by atoms with van der Waals surface area (Å²) in [6, 6.07) is 5.78. The lowest BCUT2D eigenvalue weighted by molar-refractivity contribution is 0.0952. The van der Waals surface area contributed by atoms with Crippen molar-refractivity contribution < 1.29 is 14.3 Å². The van der Waals surface area contributed by atoms with Gasteiger partial charge in [-0.15, -0.1) is 6.58 Å². The Morgan fingerprint density at radius 1 is 1.50 bits per heavy atom. The van der Waals surface area contributed by atoms with Crippen LogP contribution in [-0.2, 0) is 0 Å². The zero-order valence-electron chi connectivity index (χ0n) is 11.8. The molecule has 2 atom stereocenters. The van der Waals surface area contributed by atoms with Gasteiger partial charge in [-0.1, -0.05) is 32.1 Å². The van der Waals surface area contributed by atoms with Crippen molar-refractivity contribution in [3.05, 3.63) is 48.3 Å². The number of benzene rings is 1. The molecule has 0 bridgehead atoms. The second kappa shape index (κ2) is 5.27. The van der Waals surface area contributed by atoms with Gasteiger partial charge in [-0.05, 0) is 30.5 Å². The zero-order valence-corrected chi connectivity index (χ0v) is 11.8. The topological polar surface area (TPSA) is 40.5 Å². The minimum atomic E-state index is -0.961. The smallest absolute Gasteiger partial charge is 0.408 e. The molecule has 108 valence electrons. The normalized spacial score (nSPS) is 22.9. The summed E-state index contributed by atoms with van der Waals surface area (Å²) in [5.41, 5.74) is 0.412. The lowest BCUT2D eigenvalue weighted by Gasteiger charge is -2.36. The average molecular weight is 277 g/mol. The zero-order chi connectivity index (χ0) is 14.9. The first-order valence-corrected chi connectivity index (χ1v) is 6.77. The van der Waals surface area contributed by atoms with Gasteiger partial charge in [0, 0.05) is 11.5 Å². The van der Waals surface area contributed by atoms with E-state index in [0.29, 0.717) is 6.42 Å². The molecule has 1 N–H and O–H groups in total. The number of nitrogens with zero attached hydrogens (tertiary/aromatic N) is 1. The molecule has 1 fully saturated rings. The predicted octanol–water partition coefficient (Wildman–Crippen LogP) is 4.22. The highest BCUT2D eigenvalue weighted by molar-refractivity contribution is 5.67. The third-order valence-corrected chi connectivity index (χ3v) is 4.22. The molecular formula is C16H20FNO2. The molecule has 1 amide bonds. The Bertz CT molecular complexity index is 527. The molecule has 0 saturated carbocycles. The Hall–Kier alpha value is -1.84. The van der Waals surface area contributed by atoms with Gasteiger partial charge >= 0.3 is 6.09 Å². The molecule has 0 aromatic heterocycles. The van der Waals surface area contributed by atoms with Crippen molar-refractivity contribution >= 4 is 6.09 Å². The van der Waals surface area contributed by atoms with Crippen LogP contribution in [0, 0.1) is 11.2 Å². The first kappa shape index (κ1) is 14.6. The molecule has 1 saturated heterocycles. The second-order valence-electron chi connectivity index (χ2n) is 5.88. The highest BCUT2D eigenvalue weighted by Crippen LogP contribution is 2.43. The Labute approximate surface area is 118 Å². The van der Waals surface area contributed by atoms with Crippen molar-refractivity contribution in [3.63, 3.8) is 0 Å². The predicted molar refractivity (Wildman–Crippen MR) is 76.0 cm³/mol. The molecule has 1 aliphatic rings. The van der Waals surface area contributed by atoms with E-state index < -0.39 is 6.09 Å². The van der Waals surface area contributed by atoms with Crippen molar-refractivity contribution in [1.82, 2.24) is 4.90 Å². The van der Waals surface area contributed by atoms with Crippen LogP contribution in [0.5, 0.6) is 0 Å². The summed E-state index contributed by atoms with van der Waals surface area (Å²) < 4.78 is 13.4. The van der Waals surface area contributed by atoms with E-state index in [4.69, 9.17) is 0 Å². The van der Waals surface area contributed by atoms with E-state index in [-0.39, 0.29) is 23.3 Å². The fraction of sp³-hybridized carbons (Fsp3) is 0.438. The van der Waals surface area contributed by atoms with Crippen molar-refractivity contribution in [2.24, 2.45) is 5.41 Å². The number of hydrogen-bond donors (Lipinski definition) is 1. The Morgan fingerprint density at radius 3 is 2.75 bits per heavy atom. The average Bonchev–Trinajstić information content (AvgIpc) is 2.84. The maximum Gasteiger partial charge on any atom is 0.408 e. The molecule has 0 unspecified atom stereocenters.